The summed E-state index contributed by atoms with van der Waals surface area (Å²) in [5.74, 6) is 0.310. The van der Waals surface area contributed by atoms with E-state index in [2.05, 4.69) is 23.3 Å². The first kappa shape index (κ1) is 14.5. The monoisotopic (exact) mass is 311 g/mol. The van der Waals surface area contributed by atoms with E-state index in [1.165, 1.54) is 11.1 Å². The van der Waals surface area contributed by atoms with E-state index in [0.717, 1.165) is 18.4 Å². The summed E-state index contributed by atoms with van der Waals surface area (Å²) in [7, 11) is 1.92. The van der Waals surface area contributed by atoms with Gasteiger partial charge in [-0.25, -0.2) is 0 Å². The Bertz CT molecular complexity index is 719. The van der Waals surface area contributed by atoms with Gasteiger partial charge in [0.1, 0.15) is 6.10 Å². The standard InChI is InChI=1S/C18H21N3O2/c1-20-10-14(9-19-20)16-12-21(18(22)17-7-4-8-23-17)11-13-5-2-3-6-15(13)16/h2-3,5-6,9-10,16-17H,4,7-8,11-12H2,1H3/t16-,17-/m1/s1. The zero-order valence-corrected chi connectivity index (χ0v) is 13.3. The van der Waals surface area contributed by atoms with Gasteiger partial charge in [-0.05, 0) is 29.5 Å². The molecule has 0 radical (unpaired) electrons. The molecule has 1 amide bonds. The van der Waals surface area contributed by atoms with E-state index in [4.69, 9.17) is 4.74 Å². The van der Waals surface area contributed by atoms with Gasteiger partial charge < -0.3 is 9.64 Å². The zero-order chi connectivity index (χ0) is 15.8. The van der Waals surface area contributed by atoms with Gasteiger partial charge in [0.05, 0.1) is 6.20 Å². The zero-order valence-electron chi connectivity index (χ0n) is 13.3. The molecule has 120 valence electrons. The molecule has 2 aromatic rings. The fraction of sp³-hybridized carbons (Fsp3) is 0.444. The average molecular weight is 311 g/mol. The molecule has 1 aromatic heterocycles. The van der Waals surface area contributed by atoms with Crippen LogP contribution in [0.2, 0.25) is 0 Å². The second-order valence-electron chi connectivity index (χ2n) is 6.42. The molecule has 23 heavy (non-hydrogen) atoms. The smallest absolute Gasteiger partial charge is 0.252 e. The number of benzene rings is 1. The maximum absolute atomic E-state index is 12.8. The average Bonchev–Trinajstić information content (AvgIpc) is 3.24. The van der Waals surface area contributed by atoms with Crippen molar-refractivity contribution in [3.8, 4) is 0 Å². The number of aromatic nitrogens is 2. The predicted molar refractivity (Wildman–Crippen MR) is 85.9 cm³/mol. The molecule has 0 aliphatic carbocycles. The van der Waals surface area contributed by atoms with Crippen LogP contribution in [0.1, 0.15) is 35.4 Å². The highest BCUT2D eigenvalue weighted by Crippen LogP contribution is 2.34. The number of rotatable bonds is 2. The molecule has 3 heterocycles. The van der Waals surface area contributed by atoms with E-state index in [9.17, 15) is 4.79 Å². The number of amides is 1. The molecule has 1 aromatic carbocycles. The van der Waals surface area contributed by atoms with Crippen LogP contribution in [-0.4, -0.2) is 39.8 Å². The van der Waals surface area contributed by atoms with Crippen LogP contribution < -0.4 is 0 Å². The van der Waals surface area contributed by atoms with Gasteiger partial charge in [0.15, 0.2) is 0 Å². The van der Waals surface area contributed by atoms with E-state index < -0.39 is 0 Å². The first-order valence-electron chi connectivity index (χ1n) is 8.19. The van der Waals surface area contributed by atoms with Gasteiger partial charge in [-0.1, -0.05) is 24.3 Å². The first-order valence-corrected chi connectivity index (χ1v) is 8.19. The Balaban J connectivity index is 1.66. The van der Waals surface area contributed by atoms with E-state index >= 15 is 0 Å². The van der Waals surface area contributed by atoms with Gasteiger partial charge in [-0.2, -0.15) is 5.10 Å². The molecule has 1 saturated heterocycles. The molecule has 2 aliphatic rings. The second-order valence-corrected chi connectivity index (χ2v) is 6.42. The van der Waals surface area contributed by atoms with Crippen LogP contribution in [0.4, 0.5) is 0 Å². The van der Waals surface area contributed by atoms with E-state index in [1.54, 1.807) is 0 Å². The first-order chi connectivity index (χ1) is 11.2. The van der Waals surface area contributed by atoms with E-state index in [0.29, 0.717) is 19.7 Å². The van der Waals surface area contributed by atoms with Gasteiger partial charge in [0.25, 0.3) is 5.91 Å². The third-order valence-corrected chi connectivity index (χ3v) is 4.84. The Morgan fingerprint density at radius 3 is 2.96 bits per heavy atom. The molecule has 2 atom stereocenters. The van der Waals surface area contributed by atoms with Gasteiger partial charge in [0.2, 0.25) is 0 Å². The third kappa shape index (κ3) is 2.65. The molecule has 0 unspecified atom stereocenters. The molecule has 0 spiro atoms. The minimum Gasteiger partial charge on any atom is -0.368 e. The molecular formula is C18H21N3O2. The lowest BCUT2D eigenvalue weighted by Crippen LogP contribution is -2.43. The van der Waals surface area contributed by atoms with Crippen LogP contribution in [0.15, 0.2) is 36.7 Å². The van der Waals surface area contributed by atoms with Crippen molar-refractivity contribution in [2.45, 2.75) is 31.4 Å². The van der Waals surface area contributed by atoms with Crippen molar-refractivity contribution in [1.29, 1.82) is 0 Å². The largest absolute Gasteiger partial charge is 0.368 e. The molecule has 5 nitrogen and oxygen atoms in total. The molecule has 0 N–H and O–H groups in total. The quantitative estimate of drug-likeness (QED) is 0.853. The van der Waals surface area contributed by atoms with Gasteiger partial charge in [0, 0.05) is 38.9 Å². The number of ether oxygens (including phenoxy) is 1. The van der Waals surface area contributed by atoms with Gasteiger partial charge in [-0.3, -0.25) is 9.48 Å². The SMILES string of the molecule is Cn1cc([C@H]2CN(C(=O)[C@H]3CCCO3)Cc3ccccc32)cn1. The Kier molecular flexibility index (Phi) is 3.65. The Labute approximate surface area is 135 Å². The van der Waals surface area contributed by atoms with Crippen LogP contribution in [-0.2, 0) is 23.1 Å². The molecular weight excluding hydrogens is 290 g/mol. The van der Waals surface area contributed by atoms with Crippen molar-refractivity contribution in [1.82, 2.24) is 14.7 Å². The molecule has 2 aliphatic heterocycles. The summed E-state index contributed by atoms with van der Waals surface area (Å²) in [5.41, 5.74) is 3.68. The Hall–Kier alpha value is -2.14. The van der Waals surface area contributed by atoms with Crippen LogP contribution in [0, 0.1) is 0 Å². The third-order valence-electron chi connectivity index (χ3n) is 4.84. The number of aryl methyl sites for hydroxylation is 1. The minimum absolute atomic E-state index is 0.130. The predicted octanol–water partition coefficient (Wildman–Crippen LogP) is 2.07. The molecule has 1 fully saturated rings. The van der Waals surface area contributed by atoms with Crippen LogP contribution in [0.3, 0.4) is 0 Å². The summed E-state index contributed by atoms with van der Waals surface area (Å²) in [6.07, 6.45) is 5.51. The Morgan fingerprint density at radius 2 is 2.22 bits per heavy atom. The number of nitrogens with zero attached hydrogens (tertiary/aromatic N) is 3. The van der Waals surface area contributed by atoms with Crippen molar-refractivity contribution >= 4 is 5.91 Å². The molecule has 0 bridgehead atoms. The summed E-state index contributed by atoms with van der Waals surface area (Å²) in [4.78, 5) is 14.7. The second kappa shape index (κ2) is 5.81. The maximum atomic E-state index is 12.8. The summed E-state index contributed by atoms with van der Waals surface area (Å²) in [5, 5.41) is 4.30. The lowest BCUT2D eigenvalue weighted by atomic mass is 9.86. The van der Waals surface area contributed by atoms with Crippen molar-refractivity contribution in [2.75, 3.05) is 13.2 Å². The van der Waals surface area contributed by atoms with Crippen LogP contribution >= 0.6 is 0 Å². The van der Waals surface area contributed by atoms with Gasteiger partial charge >= 0.3 is 0 Å². The van der Waals surface area contributed by atoms with E-state index in [1.807, 2.05) is 35.1 Å². The van der Waals surface area contributed by atoms with Crippen LogP contribution in [0.25, 0.3) is 0 Å². The summed E-state index contributed by atoms with van der Waals surface area (Å²) in [6, 6.07) is 8.40. The topological polar surface area (TPSA) is 47.4 Å². The number of hydrogen-bond acceptors (Lipinski definition) is 3. The number of fused-ring (bicyclic) bond motifs is 1. The van der Waals surface area contributed by atoms with Gasteiger partial charge in [-0.15, -0.1) is 0 Å². The fourth-order valence-corrected chi connectivity index (χ4v) is 3.66. The fourth-order valence-electron chi connectivity index (χ4n) is 3.66. The summed E-state index contributed by atoms with van der Waals surface area (Å²) >= 11 is 0. The van der Waals surface area contributed by atoms with E-state index in [-0.39, 0.29) is 17.9 Å². The maximum Gasteiger partial charge on any atom is 0.252 e. The highest BCUT2D eigenvalue weighted by molar-refractivity contribution is 5.81. The van der Waals surface area contributed by atoms with Crippen molar-refractivity contribution in [3.63, 3.8) is 0 Å². The summed E-state index contributed by atoms with van der Waals surface area (Å²) < 4.78 is 7.41. The number of carbonyl (C=O) groups is 1. The Morgan fingerprint density at radius 1 is 1.35 bits per heavy atom. The molecule has 0 saturated carbocycles. The van der Waals surface area contributed by atoms with Crippen molar-refractivity contribution in [3.05, 3.63) is 53.3 Å². The molecule has 5 heteroatoms. The van der Waals surface area contributed by atoms with Crippen molar-refractivity contribution in [2.24, 2.45) is 7.05 Å². The molecule has 4 rings (SSSR count). The normalized spacial score (nSPS) is 23.8. The minimum atomic E-state index is -0.255. The van der Waals surface area contributed by atoms with Crippen molar-refractivity contribution < 1.29 is 9.53 Å². The number of carbonyl (C=O) groups excluding carboxylic acids is 1. The lowest BCUT2D eigenvalue weighted by molar-refractivity contribution is -0.142. The lowest BCUT2D eigenvalue weighted by Gasteiger charge is -2.35. The highest BCUT2D eigenvalue weighted by Gasteiger charge is 2.34. The van der Waals surface area contributed by atoms with Crippen LogP contribution in [0.5, 0.6) is 0 Å². The number of hydrogen-bond donors (Lipinski definition) is 0. The highest BCUT2D eigenvalue weighted by atomic mass is 16.5. The summed E-state index contributed by atoms with van der Waals surface area (Å²) in [6.45, 7) is 2.07.